The Kier molecular flexibility index (Phi) is 5.00. The smallest absolute Gasteiger partial charge is 0.281 e. The van der Waals surface area contributed by atoms with Gasteiger partial charge in [-0.25, -0.2) is 14.6 Å². The largest absolute Gasteiger partial charge is 0.354 e. The van der Waals surface area contributed by atoms with Crippen LogP contribution in [0, 0.1) is 20.8 Å². The van der Waals surface area contributed by atoms with Crippen LogP contribution in [0.5, 0.6) is 0 Å². The van der Waals surface area contributed by atoms with Crippen LogP contribution >= 0.6 is 0 Å². The summed E-state index contributed by atoms with van der Waals surface area (Å²) in [7, 11) is -0.271. The van der Waals surface area contributed by atoms with Crippen molar-refractivity contribution in [3.05, 3.63) is 29.3 Å². The van der Waals surface area contributed by atoms with Crippen molar-refractivity contribution in [2.24, 2.45) is 0 Å². The maximum absolute atomic E-state index is 12.3. The summed E-state index contributed by atoms with van der Waals surface area (Å²) >= 11 is 0. The molecule has 0 radical (unpaired) electrons. The second-order valence-electron chi connectivity index (χ2n) is 6.65. The van der Waals surface area contributed by atoms with Crippen molar-refractivity contribution < 1.29 is 8.42 Å². The van der Waals surface area contributed by atoms with E-state index >= 15 is 0 Å². The van der Waals surface area contributed by atoms with Gasteiger partial charge in [-0.05, 0) is 26.8 Å². The molecule has 10 heteroatoms. The minimum atomic E-state index is -3.37. The zero-order chi connectivity index (χ0) is 19.1. The molecule has 26 heavy (non-hydrogen) atoms. The van der Waals surface area contributed by atoms with E-state index in [4.69, 9.17) is 0 Å². The van der Waals surface area contributed by atoms with Crippen molar-refractivity contribution in [1.82, 2.24) is 28.4 Å². The van der Waals surface area contributed by atoms with Gasteiger partial charge in [-0.3, -0.25) is 0 Å². The molecule has 0 aromatic carbocycles. The molecule has 1 saturated heterocycles. The Morgan fingerprint density at radius 2 is 1.58 bits per heavy atom. The monoisotopic (exact) mass is 379 g/mol. The predicted molar refractivity (Wildman–Crippen MR) is 99.8 cm³/mol. The van der Waals surface area contributed by atoms with E-state index in [9.17, 15) is 8.42 Å². The second kappa shape index (κ2) is 6.93. The molecule has 0 amide bonds. The third-order valence-electron chi connectivity index (χ3n) is 4.39. The Balaban J connectivity index is 1.82. The number of hydrogen-bond acceptors (Lipinski definition) is 6. The van der Waals surface area contributed by atoms with E-state index < -0.39 is 10.2 Å². The first-order valence-corrected chi connectivity index (χ1v) is 9.90. The molecule has 0 N–H and O–H groups in total. The SMILES string of the molecule is Cc1cc(C)n(-c2cc(N3CCN(S(=O)(=O)N(C)C)CC3)nc(C)n2)n1. The van der Waals surface area contributed by atoms with Gasteiger partial charge in [-0.15, -0.1) is 0 Å². The number of piperazine rings is 1. The van der Waals surface area contributed by atoms with Crippen molar-refractivity contribution in [1.29, 1.82) is 0 Å². The zero-order valence-electron chi connectivity index (χ0n) is 15.8. The fourth-order valence-corrected chi connectivity index (χ4v) is 4.13. The maximum atomic E-state index is 12.3. The average molecular weight is 379 g/mol. The molecule has 3 heterocycles. The van der Waals surface area contributed by atoms with Crippen molar-refractivity contribution in [2.75, 3.05) is 45.2 Å². The Morgan fingerprint density at radius 3 is 2.12 bits per heavy atom. The van der Waals surface area contributed by atoms with Gasteiger partial charge in [0.15, 0.2) is 5.82 Å². The van der Waals surface area contributed by atoms with Gasteiger partial charge in [0.25, 0.3) is 10.2 Å². The van der Waals surface area contributed by atoms with Gasteiger partial charge in [0, 0.05) is 52.0 Å². The lowest BCUT2D eigenvalue weighted by Crippen LogP contribution is -2.52. The van der Waals surface area contributed by atoms with E-state index in [0.717, 1.165) is 23.0 Å². The zero-order valence-corrected chi connectivity index (χ0v) is 16.7. The van der Waals surface area contributed by atoms with Crippen LogP contribution in [0.1, 0.15) is 17.2 Å². The predicted octanol–water partition coefficient (Wildman–Crippen LogP) is 0.516. The topological polar surface area (TPSA) is 87.5 Å². The van der Waals surface area contributed by atoms with Crippen molar-refractivity contribution in [3.63, 3.8) is 0 Å². The standard InChI is InChI=1S/C16H25N7O2S/c1-12-10-13(2)23(19-12)16-11-15(17-14(3)18-16)21-6-8-22(9-7-21)26(24,25)20(4)5/h10-11H,6-9H2,1-5H3. The molecule has 0 spiro atoms. The Morgan fingerprint density at radius 1 is 0.962 bits per heavy atom. The summed E-state index contributed by atoms with van der Waals surface area (Å²) < 4.78 is 29.1. The number of anilines is 1. The summed E-state index contributed by atoms with van der Waals surface area (Å²) in [4.78, 5) is 11.1. The molecule has 0 bridgehead atoms. The Labute approximate surface area is 154 Å². The lowest BCUT2D eigenvalue weighted by atomic mass is 10.3. The molecule has 142 valence electrons. The third-order valence-corrected chi connectivity index (χ3v) is 6.33. The van der Waals surface area contributed by atoms with Crippen LogP contribution in [-0.4, -0.2) is 77.1 Å². The van der Waals surface area contributed by atoms with E-state index in [1.54, 1.807) is 18.8 Å². The second-order valence-corrected chi connectivity index (χ2v) is 8.79. The number of hydrogen-bond donors (Lipinski definition) is 0. The van der Waals surface area contributed by atoms with Gasteiger partial charge in [0.1, 0.15) is 11.6 Å². The summed E-state index contributed by atoms with van der Waals surface area (Å²) in [5.74, 6) is 2.18. The fraction of sp³-hybridized carbons (Fsp3) is 0.562. The lowest BCUT2D eigenvalue weighted by molar-refractivity contribution is 0.355. The van der Waals surface area contributed by atoms with Crippen LogP contribution in [0.2, 0.25) is 0 Å². The lowest BCUT2D eigenvalue weighted by Gasteiger charge is -2.35. The molecule has 0 aliphatic carbocycles. The molecular weight excluding hydrogens is 354 g/mol. The van der Waals surface area contributed by atoms with Crippen LogP contribution in [-0.2, 0) is 10.2 Å². The fourth-order valence-electron chi connectivity index (χ4n) is 3.05. The molecule has 2 aromatic rings. The van der Waals surface area contributed by atoms with E-state index in [1.807, 2.05) is 32.9 Å². The summed E-state index contributed by atoms with van der Waals surface area (Å²) in [5.41, 5.74) is 1.94. The highest BCUT2D eigenvalue weighted by atomic mass is 32.2. The summed E-state index contributed by atoms with van der Waals surface area (Å²) in [5, 5.41) is 4.49. The Bertz CT molecular complexity index is 899. The number of aryl methyl sites for hydroxylation is 3. The van der Waals surface area contributed by atoms with Crippen LogP contribution in [0.15, 0.2) is 12.1 Å². The van der Waals surface area contributed by atoms with Gasteiger partial charge < -0.3 is 4.90 Å². The van der Waals surface area contributed by atoms with Crippen LogP contribution < -0.4 is 4.90 Å². The number of aromatic nitrogens is 4. The van der Waals surface area contributed by atoms with Gasteiger partial charge in [0.2, 0.25) is 0 Å². The highest BCUT2D eigenvalue weighted by Gasteiger charge is 2.29. The van der Waals surface area contributed by atoms with E-state index in [2.05, 4.69) is 20.0 Å². The quantitative estimate of drug-likeness (QED) is 0.769. The van der Waals surface area contributed by atoms with Crippen LogP contribution in [0.4, 0.5) is 5.82 Å². The van der Waals surface area contributed by atoms with Gasteiger partial charge >= 0.3 is 0 Å². The highest BCUT2D eigenvalue weighted by Crippen LogP contribution is 2.20. The molecule has 2 aromatic heterocycles. The molecule has 3 rings (SSSR count). The van der Waals surface area contributed by atoms with Gasteiger partial charge in [-0.1, -0.05) is 0 Å². The first kappa shape index (κ1) is 18.7. The van der Waals surface area contributed by atoms with Crippen molar-refractivity contribution in [2.45, 2.75) is 20.8 Å². The summed E-state index contributed by atoms with van der Waals surface area (Å²) in [6.07, 6.45) is 0. The molecule has 1 aliphatic rings. The molecule has 0 saturated carbocycles. The number of rotatable bonds is 4. The molecule has 9 nitrogen and oxygen atoms in total. The molecular formula is C16H25N7O2S. The summed E-state index contributed by atoms with van der Waals surface area (Å²) in [6, 6.07) is 3.91. The first-order chi connectivity index (χ1) is 12.2. The van der Waals surface area contributed by atoms with E-state index in [0.29, 0.717) is 32.0 Å². The first-order valence-electron chi connectivity index (χ1n) is 8.50. The van der Waals surface area contributed by atoms with E-state index in [1.165, 1.54) is 8.61 Å². The van der Waals surface area contributed by atoms with Gasteiger partial charge in [0.05, 0.1) is 5.69 Å². The average Bonchev–Trinajstić information content (AvgIpc) is 2.92. The summed E-state index contributed by atoms with van der Waals surface area (Å²) in [6.45, 7) is 7.81. The maximum Gasteiger partial charge on any atom is 0.281 e. The normalized spacial score (nSPS) is 16.5. The van der Waals surface area contributed by atoms with Gasteiger partial charge in [-0.2, -0.15) is 22.1 Å². The molecule has 0 atom stereocenters. The molecule has 1 fully saturated rings. The van der Waals surface area contributed by atoms with Crippen molar-refractivity contribution in [3.8, 4) is 5.82 Å². The highest BCUT2D eigenvalue weighted by molar-refractivity contribution is 7.86. The Hall–Kier alpha value is -2.04. The third kappa shape index (κ3) is 3.57. The minimum absolute atomic E-state index is 0.429. The van der Waals surface area contributed by atoms with Crippen LogP contribution in [0.25, 0.3) is 5.82 Å². The van der Waals surface area contributed by atoms with Crippen LogP contribution in [0.3, 0.4) is 0 Å². The minimum Gasteiger partial charge on any atom is -0.354 e. The molecule has 0 unspecified atom stereocenters. The van der Waals surface area contributed by atoms with E-state index in [-0.39, 0.29) is 0 Å². The number of nitrogens with zero attached hydrogens (tertiary/aromatic N) is 7. The van der Waals surface area contributed by atoms with Crippen molar-refractivity contribution >= 4 is 16.0 Å². The molecule has 1 aliphatic heterocycles.